The summed E-state index contributed by atoms with van der Waals surface area (Å²) < 4.78 is 23.7. The zero-order valence-electron chi connectivity index (χ0n) is 17.7. The van der Waals surface area contributed by atoms with Gasteiger partial charge in [-0.3, -0.25) is 10.2 Å². The number of ether oxygens (including phenoxy) is 2. The summed E-state index contributed by atoms with van der Waals surface area (Å²) in [6.45, 7) is 2.58. The minimum atomic E-state index is -0.613. The number of amidine groups is 3. The monoisotopic (exact) mass is 479 g/mol. The molecule has 0 unspecified atom stereocenters. The summed E-state index contributed by atoms with van der Waals surface area (Å²) in [6.07, 6.45) is 1.55. The first-order valence-electron chi connectivity index (χ1n) is 10.4. The van der Waals surface area contributed by atoms with Crippen molar-refractivity contribution in [2.24, 2.45) is 10.1 Å². The van der Waals surface area contributed by atoms with Crippen LogP contribution in [-0.2, 0) is 9.53 Å². The van der Waals surface area contributed by atoms with Crippen molar-refractivity contribution >= 4 is 45.9 Å². The Labute approximate surface area is 198 Å². The van der Waals surface area contributed by atoms with Crippen molar-refractivity contribution in [3.63, 3.8) is 0 Å². The molecule has 11 heteroatoms. The van der Waals surface area contributed by atoms with Crippen LogP contribution >= 0.6 is 11.8 Å². The highest BCUT2D eigenvalue weighted by molar-refractivity contribution is 8.26. The first kappa shape index (κ1) is 22.0. The van der Waals surface area contributed by atoms with Crippen molar-refractivity contribution in [2.75, 3.05) is 26.3 Å². The number of halogens is 1. The van der Waals surface area contributed by atoms with E-state index in [1.54, 1.807) is 30.3 Å². The van der Waals surface area contributed by atoms with Gasteiger partial charge in [-0.15, -0.1) is 5.10 Å². The predicted octanol–water partition coefficient (Wildman–Crippen LogP) is 2.95. The van der Waals surface area contributed by atoms with Crippen LogP contribution in [0.5, 0.6) is 5.75 Å². The number of nitrogens with zero attached hydrogens (tertiary/aromatic N) is 4. The Kier molecular flexibility index (Phi) is 5.95. The third-order valence-electron chi connectivity index (χ3n) is 5.21. The van der Waals surface area contributed by atoms with E-state index in [0.29, 0.717) is 42.2 Å². The van der Waals surface area contributed by atoms with Crippen molar-refractivity contribution in [3.8, 4) is 5.75 Å². The molecule has 1 amide bonds. The van der Waals surface area contributed by atoms with Gasteiger partial charge < -0.3 is 14.4 Å². The maximum Gasteiger partial charge on any atom is 0.343 e. The van der Waals surface area contributed by atoms with Crippen LogP contribution in [0.15, 0.2) is 64.2 Å². The van der Waals surface area contributed by atoms with Gasteiger partial charge in [0, 0.05) is 13.1 Å². The van der Waals surface area contributed by atoms with Crippen molar-refractivity contribution in [3.05, 3.63) is 71.0 Å². The third kappa shape index (κ3) is 4.47. The number of amides is 1. The quantitative estimate of drug-likeness (QED) is 0.410. The molecule has 9 nitrogen and oxygen atoms in total. The number of thioether (sulfide) groups is 1. The van der Waals surface area contributed by atoms with Crippen molar-refractivity contribution in [2.45, 2.75) is 0 Å². The molecule has 3 aliphatic heterocycles. The number of hydrazone groups is 1. The molecule has 3 aliphatic rings. The molecule has 5 rings (SSSR count). The summed E-state index contributed by atoms with van der Waals surface area (Å²) in [4.78, 5) is 30.9. The zero-order chi connectivity index (χ0) is 23.7. The maximum atomic E-state index is 13.0. The molecule has 0 aliphatic carbocycles. The number of hydrogen-bond donors (Lipinski definition) is 1. The summed E-state index contributed by atoms with van der Waals surface area (Å²) >= 11 is 1.26. The van der Waals surface area contributed by atoms with E-state index >= 15 is 0 Å². The summed E-state index contributed by atoms with van der Waals surface area (Å²) in [5.74, 6) is -1.34. The molecule has 0 aromatic heterocycles. The molecular formula is C23H18FN5O4S. The van der Waals surface area contributed by atoms with Gasteiger partial charge >= 0.3 is 5.97 Å². The van der Waals surface area contributed by atoms with Crippen LogP contribution in [0.2, 0.25) is 0 Å². The smallest absolute Gasteiger partial charge is 0.343 e. The Morgan fingerprint density at radius 1 is 1.09 bits per heavy atom. The van der Waals surface area contributed by atoms with Crippen LogP contribution in [0.25, 0.3) is 6.08 Å². The molecule has 3 heterocycles. The number of rotatable bonds is 3. The highest BCUT2D eigenvalue weighted by atomic mass is 32.2. The first-order valence-corrected chi connectivity index (χ1v) is 11.2. The Morgan fingerprint density at radius 2 is 1.79 bits per heavy atom. The van der Waals surface area contributed by atoms with Gasteiger partial charge in [0.1, 0.15) is 11.6 Å². The van der Waals surface area contributed by atoms with E-state index in [9.17, 15) is 14.0 Å². The van der Waals surface area contributed by atoms with Gasteiger partial charge in [-0.2, -0.15) is 10.0 Å². The first-order chi connectivity index (χ1) is 16.5. The fraction of sp³-hybridized carbons (Fsp3) is 0.174. The largest absolute Gasteiger partial charge is 0.423 e. The average Bonchev–Trinajstić information content (AvgIpc) is 3.28. The Morgan fingerprint density at radius 3 is 2.50 bits per heavy atom. The SMILES string of the molecule is N=C1/C(=C/c2ccc(OC(=O)c3ccc(F)cc3)cc2)C(=O)N=C2SC(N3CCOCC3)=NN12. The van der Waals surface area contributed by atoms with Crippen LogP contribution in [0.4, 0.5) is 4.39 Å². The lowest BCUT2D eigenvalue weighted by molar-refractivity contribution is -0.114. The highest BCUT2D eigenvalue weighted by Crippen LogP contribution is 2.30. The molecule has 2 aromatic carbocycles. The second-order valence-electron chi connectivity index (χ2n) is 7.47. The molecule has 1 fully saturated rings. The van der Waals surface area contributed by atoms with E-state index in [0.717, 1.165) is 0 Å². The topological polar surface area (TPSA) is 108 Å². The summed E-state index contributed by atoms with van der Waals surface area (Å²) in [7, 11) is 0. The van der Waals surface area contributed by atoms with Gasteiger partial charge in [-0.05, 0) is 59.8 Å². The molecular weight excluding hydrogens is 461 g/mol. The number of esters is 1. The third-order valence-corrected chi connectivity index (χ3v) is 6.18. The minimum Gasteiger partial charge on any atom is -0.423 e. The van der Waals surface area contributed by atoms with Crippen molar-refractivity contribution in [1.29, 1.82) is 5.41 Å². The van der Waals surface area contributed by atoms with E-state index in [2.05, 4.69) is 10.1 Å². The molecule has 34 heavy (non-hydrogen) atoms. The Balaban J connectivity index is 1.30. The number of morpholine rings is 1. The number of fused-ring (bicyclic) bond motifs is 1. The lowest BCUT2D eigenvalue weighted by Crippen LogP contribution is -2.39. The molecule has 0 spiro atoms. The van der Waals surface area contributed by atoms with E-state index in [1.807, 2.05) is 4.90 Å². The highest BCUT2D eigenvalue weighted by Gasteiger charge is 2.37. The number of nitrogens with one attached hydrogen (secondary N) is 1. The molecule has 172 valence electrons. The lowest BCUT2D eigenvalue weighted by atomic mass is 10.1. The summed E-state index contributed by atoms with van der Waals surface area (Å²) in [5.41, 5.74) is 0.952. The van der Waals surface area contributed by atoms with Gasteiger partial charge in [0.2, 0.25) is 5.17 Å². The van der Waals surface area contributed by atoms with Crippen LogP contribution in [0.1, 0.15) is 15.9 Å². The summed E-state index contributed by atoms with van der Waals surface area (Å²) in [5, 5.41) is 15.4. The summed E-state index contributed by atoms with van der Waals surface area (Å²) in [6, 6.07) is 11.5. The van der Waals surface area contributed by atoms with Crippen LogP contribution in [-0.4, -0.2) is 64.3 Å². The maximum absolute atomic E-state index is 13.0. The fourth-order valence-corrected chi connectivity index (χ4v) is 4.36. The minimum absolute atomic E-state index is 0.0578. The Bertz CT molecular complexity index is 1250. The van der Waals surface area contributed by atoms with E-state index in [4.69, 9.17) is 14.9 Å². The van der Waals surface area contributed by atoms with Crippen molar-refractivity contribution < 1.29 is 23.5 Å². The molecule has 0 atom stereocenters. The molecule has 1 saturated heterocycles. The number of hydrogen-bond acceptors (Lipinski definition) is 8. The van der Waals surface area contributed by atoms with Gasteiger partial charge in [0.25, 0.3) is 5.91 Å². The number of carbonyl (C=O) groups excluding carboxylic acids is 2. The standard InChI is InChI=1S/C23H18FN5O4S/c24-16-5-3-15(4-6-16)21(31)33-17-7-1-14(2-8-17)13-18-19(25)29-22(26-20(18)30)34-23(27-29)28-9-11-32-12-10-28/h1-8,13,25H,9-12H2/b18-13-,25-19?. The van der Waals surface area contributed by atoms with Crippen molar-refractivity contribution in [1.82, 2.24) is 9.91 Å². The van der Waals surface area contributed by atoms with Gasteiger partial charge in [0.15, 0.2) is 11.0 Å². The number of benzene rings is 2. The molecule has 0 saturated carbocycles. The van der Waals surface area contributed by atoms with E-state index in [1.165, 1.54) is 41.0 Å². The van der Waals surface area contributed by atoms with E-state index < -0.39 is 17.7 Å². The predicted molar refractivity (Wildman–Crippen MR) is 125 cm³/mol. The molecule has 0 radical (unpaired) electrons. The fourth-order valence-electron chi connectivity index (χ4n) is 3.42. The van der Waals surface area contributed by atoms with Gasteiger partial charge in [-0.1, -0.05) is 12.1 Å². The lowest BCUT2D eigenvalue weighted by Gasteiger charge is -2.26. The second kappa shape index (κ2) is 9.20. The van der Waals surface area contributed by atoms with Crippen LogP contribution in [0.3, 0.4) is 0 Å². The molecule has 2 aromatic rings. The molecule has 0 bridgehead atoms. The normalized spacial score (nSPS) is 19.1. The Hall–Kier alpha value is -3.83. The zero-order valence-corrected chi connectivity index (χ0v) is 18.5. The van der Waals surface area contributed by atoms with Crippen LogP contribution < -0.4 is 4.74 Å². The van der Waals surface area contributed by atoms with E-state index in [-0.39, 0.29) is 22.7 Å². The molecule has 1 N–H and O–H groups in total. The number of carbonyl (C=O) groups is 2. The van der Waals surface area contributed by atoms with Gasteiger partial charge in [0.05, 0.1) is 24.4 Å². The van der Waals surface area contributed by atoms with Gasteiger partial charge in [-0.25, -0.2) is 9.18 Å². The van der Waals surface area contributed by atoms with Crippen LogP contribution in [0, 0.1) is 11.2 Å². The average molecular weight is 479 g/mol. The number of aliphatic imine (C=N–C) groups is 1. The second-order valence-corrected chi connectivity index (χ2v) is 8.40.